The van der Waals surface area contributed by atoms with E-state index in [1.54, 1.807) is 0 Å². The van der Waals surface area contributed by atoms with Crippen molar-refractivity contribution in [3.05, 3.63) is 18.2 Å². The summed E-state index contributed by atoms with van der Waals surface area (Å²) in [6.45, 7) is 2.45. The van der Waals surface area contributed by atoms with Crippen LogP contribution < -0.4 is 20.1 Å². The Morgan fingerprint density at radius 2 is 1.96 bits per heavy atom. The van der Waals surface area contributed by atoms with Crippen molar-refractivity contribution in [3.8, 4) is 11.5 Å². The highest BCUT2D eigenvalue weighted by Crippen LogP contribution is 2.56. The lowest BCUT2D eigenvalue weighted by Gasteiger charge is -2.43. The number of hydrogen-bond donors (Lipinski definition) is 2. The van der Waals surface area contributed by atoms with Gasteiger partial charge in [0.15, 0.2) is 17.5 Å². The van der Waals surface area contributed by atoms with Crippen molar-refractivity contribution in [1.29, 1.82) is 0 Å². The van der Waals surface area contributed by atoms with Crippen LogP contribution in [-0.2, 0) is 0 Å². The fourth-order valence-corrected chi connectivity index (χ4v) is 3.87. The zero-order valence-corrected chi connectivity index (χ0v) is 14.4. The van der Waals surface area contributed by atoms with Crippen LogP contribution in [0, 0.1) is 11.3 Å². The first-order valence-corrected chi connectivity index (χ1v) is 9.16. The van der Waals surface area contributed by atoms with E-state index in [1.165, 1.54) is 32.1 Å². The largest absolute Gasteiger partial charge is 0.490 e. The van der Waals surface area contributed by atoms with E-state index in [1.807, 2.05) is 25.2 Å². The predicted molar refractivity (Wildman–Crippen MR) is 96.0 cm³/mol. The summed E-state index contributed by atoms with van der Waals surface area (Å²) < 4.78 is 11.4. The van der Waals surface area contributed by atoms with Gasteiger partial charge in [0, 0.05) is 31.8 Å². The number of fused-ring (bicyclic) bond motifs is 1. The van der Waals surface area contributed by atoms with Crippen molar-refractivity contribution in [2.45, 2.75) is 38.5 Å². The van der Waals surface area contributed by atoms with Crippen LogP contribution in [0.1, 0.15) is 38.5 Å². The van der Waals surface area contributed by atoms with E-state index in [0.717, 1.165) is 42.0 Å². The fourth-order valence-electron chi connectivity index (χ4n) is 3.87. The van der Waals surface area contributed by atoms with Crippen LogP contribution in [0.4, 0.5) is 5.69 Å². The monoisotopic (exact) mass is 329 g/mol. The van der Waals surface area contributed by atoms with Gasteiger partial charge in [0.2, 0.25) is 0 Å². The Labute approximate surface area is 143 Å². The fraction of sp³-hybridized carbons (Fsp3) is 0.632. The second kappa shape index (κ2) is 6.54. The molecule has 0 atom stereocenters. The maximum Gasteiger partial charge on any atom is 0.195 e. The number of guanidine groups is 1. The number of aliphatic imine (C=N–C) groups is 1. The van der Waals surface area contributed by atoms with Crippen molar-refractivity contribution < 1.29 is 9.47 Å². The first-order valence-electron chi connectivity index (χ1n) is 9.16. The van der Waals surface area contributed by atoms with Crippen molar-refractivity contribution in [3.63, 3.8) is 0 Å². The standard InChI is InChI=1S/C19H27N3O2/c1-20-18(21-13-19(8-2-9-19)14-4-5-14)22-15-6-7-16-17(12-15)24-11-3-10-23-16/h6-7,12,14H,2-5,8-11,13H2,1H3,(H2,20,21,22). The van der Waals surface area contributed by atoms with E-state index in [4.69, 9.17) is 9.47 Å². The van der Waals surface area contributed by atoms with Gasteiger partial charge < -0.3 is 20.1 Å². The molecule has 2 N–H and O–H groups in total. The van der Waals surface area contributed by atoms with Crippen LogP contribution in [-0.4, -0.2) is 32.8 Å². The Balaban J connectivity index is 1.39. The molecule has 1 heterocycles. The first kappa shape index (κ1) is 15.6. The Morgan fingerprint density at radius 1 is 1.17 bits per heavy atom. The van der Waals surface area contributed by atoms with Crippen molar-refractivity contribution in [2.24, 2.45) is 16.3 Å². The molecule has 4 rings (SSSR count). The molecule has 0 spiro atoms. The molecule has 5 heteroatoms. The van der Waals surface area contributed by atoms with Crippen LogP contribution >= 0.6 is 0 Å². The van der Waals surface area contributed by atoms with Crippen LogP contribution in [0.25, 0.3) is 0 Å². The van der Waals surface area contributed by atoms with Crippen LogP contribution in [0.15, 0.2) is 23.2 Å². The zero-order chi connectivity index (χ0) is 16.4. The number of anilines is 1. The van der Waals surface area contributed by atoms with E-state index in [-0.39, 0.29) is 0 Å². The Bertz CT molecular complexity index is 621. The minimum atomic E-state index is 0.530. The highest BCUT2D eigenvalue weighted by atomic mass is 16.5. The molecule has 1 aromatic carbocycles. The van der Waals surface area contributed by atoms with E-state index in [2.05, 4.69) is 15.6 Å². The van der Waals surface area contributed by atoms with Gasteiger partial charge in [0.05, 0.1) is 13.2 Å². The number of ether oxygens (including phenoxy) is 2. The molecular formula is C19H27N3O2. The van der Waals surface area contributed by atoms with Gasteiger partial charge in [-0.05, 0) is 49.1 Å². The normalized spacial score (nSPS) is 22.3. The summed E-state index contributed by atoms with van der Waals surface area (Å²) in [5, 5.41) is 6.92. The Morgan fingerprint density at radius 3 is 2.62 bits per heavy atom. The first-order chi connectivity index (χ1) is 11.8. The molecule has 1 aromatic rings. The van der Waals surface area contributed by atoms with Gasteiger partial charge in [-0.25, -0.2) is 0 Å². The molecule has 0 aromatic heterocycles. The maximum absolute atomic E-state index is 5.76. The van der Waals surface area contributed by atoms with Crippen LogP contribution in [0.5, 0.6) is 11.5 Å². The molecule has 3 aliphatic rings. The quantitative estimate of drug-likeness (QED) is 0.656. The van der Waals surface area contributed by atoms with Crippen molar-refractivity contribution >= 4 is 11.6 Å². The molecule has 0 amide bonds. The molecule has 2 fully saturated rings. The molecule has 130 valence electrons. The summed E-state index contributed by atoms with van der Waals surface area (Å²) in [6.07, 6.45) is 7.86. The molecule has 1 aliphatic heterocycles. The summed E-state index contributed by atoms with van der Waals surface area (Å²) >= 11 is 0. The van der Waals surface area contributed by atoms with E-state index < -0.39 is 0 Å². The van der Waals surface area contributed by atoms with Crippen LogP contribution in [0.2, 0.25) is 0 Å². The van der Waals surface area contributed by atoms with Gasteiger partial charge in [0.1, 0.15) is 0 Å². The number of nitrogens with zero attached hydrogens (tertiary/aromatic N) is 1. The SMILES string of the molecule is CN=C(NCC1(C2CC2)CCC1)Nc1ccc2c(c1)OCCCO2. The smallest absolute Gasteiger partial charge is 0.195 e. The molecule has 0 radical (unpaired) electrons. The average molecular weight is 329 g/mol. The van der Waals surface area contributed by atoms with E-state index in [9.17, 15) is 0 Å². The molecule has 2 aliphatic carbocycles. The minimum Gasteiger partial charge on any atom is -0.490 e. The summed E-state index contributed by atoms with van der Waals surface area (Å²) in [4.78, 5) is 4.38. The average Bonchev–Trinajstić information content (AvgIpc) is 3.39. The number of benzene rings is 1. The molecule has 0 saturated heterocycles. The maximum atomic E-state index is 5.76. The molecule has 2 saturated carbocycles. The topological polar surface area (TPSA) is 54.9 Å². The van der Waals surface area contributed by atoms with Gasteiger partial charge >= 0.3 is 0 Å². The van der Waals surface area contributed by atoms with E-state index >= 15 is 0 Å². The molecular weight excluding hydrogens is 302 g/mol. The third kappa shape index (κ3) is 3.17. The Hall–Kier alpha value is -1.91. The lowest BCUT2D eigenvalue weighted by atomic mass is 9.65. The van der Waals surface area contributed by atoms with Crippen LogP contribution in [0.3, 0.4) is 0 Å². The second-order valence-electron chi connectivity index (χ2n) is 7.25. The van der Waals surface area contributed by atoms with Gasteiger partial charge in [0.25, 0.3) is 0 Å². The minimum absolute atomic E-state index is 0.530. The third-order valence-corrected chi connectivity index (χ3v) is 5.63. The Kier molecular flexibility index (Phi) is 4.25. The highest BCUT2D eigenvalue weighted by molar-refractivity contribution is 5.93. The molecule has 24 heavy (non-hydrogen) atoms. The van der Waals surface area contributed by atoms with Gasteiger partial charge in [-0.3, -0.25) is 4.99 Å². The molecule has 0 unspecified atom stereocenters. The van der Waals surface area contributed by atoms with E-state index in [0.29, 0.717) is 18.6 Å². The lowest BCUT2D eigenvalue weighted by molar-refractivity contribution is 0.106. The summed E-state index contributed by atoms with van der Waals surface area (Å²) in [5.41, 5.74) is 1.50. The second-order valence-corrected chi connectivity index (χ2v) is 7.25. The van der Waals surface area contributed by atoms with Crippen molar-refractivity contribution in [1.82, 2.24) is 5.32 Å². The van der Waals surface area contributed by atoms with Gasteiger partial charge in [-0.2, -0.15) is 0 Å². The van der Waals surface area contributed by atoms with Crippen molar-refractivity contribution in [2.75, 3.05) is 32.1 Å². The summed E-state index contributed by atoms with van der Waals surface area (Å²) in [6, 6.07) is 5.97. The molecule has 5 nitrogen and oxygen atoms in total. The summed E-state index contributed by atoms with van der Waals surface area (Å²) in [5.74, 6) is 3.40. The lowest BCUT2D eigenvalue weighted by Crippen LogP contribution is -2.45. The number of rotatable bonds is 4. The summed E-state index contributed by atoms with van der Waals surface area (Å²) in [7, 11) is 1.82. The molecule has 0 bridgehead atoms. The van der Waals surface area contributed by atoms with Gasteiger partial charge in [-0.15, -0.1) is 0 Å². The van der Waals surface area contributed by atoms with Gasteiger partial charge in [-0.1, -0.05) is 6.42 Å². The zero-order valence-electron chi connectivity index (χ0n) is 14.4. The predicted octanol–water partition coefficient (Wildman–Crippen LogP) is 3.42. The highest BCUT2D eigenvalue weighted by Gasteiger charge is 2.48. The number of hydrogen-bond acceptors (Lipinski definition) is 3. The number of nitrogens with one attached hydrogen (secondary N) is 2. The third-order valence-electron chi connectivity index (χ3n) is 5.63.